The molecule has 1 fully saturated rings. The number of nitrogens with zero attached hydrogens (tertiary/aromatic N) is 1. The fourth-order valence-electron chi connectivity index (χ4n) is 2.49. The minimum absolute atomic E-state index is 0.0662. The van der Waals surface area contributed by atoms with Gasteiger partial charge >= 0.3 is 6.03 Å². The highest BCUT2D eigenvalue weighted by Crippen LogP contribution is 2.32. The van der Waals surface area contributed by atoms with Crippen LogP contribution in [0.15, 0.2) is 24.3 Å². The SMILES string of the molecule is CCNC(=O)N1CCC[C@@H]1c1cccc(C)c1. The van der Waals surface area contributed by atoms with Crippen LogP contribution in [0.2, 0.25) is 0 Å². The van der Waals surface area contributed by atoms with Gasteiger partial charge in [0.25, 0.3) is 0 Å². The number of likely N-dealkylation sites (tertiary alicyclic amines) is 1. The van der Waals surface area contributed by atoms with Gasteiger partial charge in [0, 0.05) is 13.1 Å². The predicted molar refractivity (Wildman–Crippen MR) is 68.9 cm³/mol. The minimum atomic E-state index is 0.0662. The summed E-state index contributed by atoms with van der Waals surface area (Å²) in [6.07, 6.45) is 2.16. The van der Waals surface area contributed by atoms with Gasteiger partial charge in [-0.1, -0.05) is 29.8 Å². The van der Waals surface area contributed by atoms with E-state index in [4.69, 9.17) is 0 Å². The molecule has 0 aliphatic carbocycles. The van der Waals surface area contributed by atoms with Gasteiger partial charge in [0.2, 0.25) is 0 Å². The summed E-state index contributed by atoms with van der Waals surface area (Å²) in [6.45, 7) is 5.60. The first kappa shape index (κ1) is 12.0. The average molecular weight is 232 g/mol. The van der Waals surface area contributed by atoms with Crippen molar-refractivity contribution < 1.29 is 4.79 Å². The minimum Gasteiger partial charge on any atom is -0.338 e. The molecular weight excluding hydrogens is 212 g/mol. The van der Waals surface area contributed by atoms with Crippen molar-refractivity contribution in [3.8, 4) is 0 Å². The van der Waals surface area contributed by atoms with Crippen LogP contribution in [0.3, 0.4) is 0 Å². The molecular formula is C14H20N2O. The molecule has 0 aromatic heterocycles. The van der Waals surface area contributed by atoms with Gasteiger partial charge in [0.05, 0.1) is 6.04 Å². The highest BCUT2D eigenvalue weighted by atomic mass is 16.2. The van der Waals surface area contributed by atoms with Gasteiger partial charge in [0.1, 0.15) is 0 Å². The zero-order chi connectivity index (χ0) is 12.3. The van der Waals surface area contributed by atoms with E-state index in [1.807, 2.05) is 11.8 Å². The van der Waals surface area contributed by atoms with Crippen LogP contribution in [0.5, 0.6) is 0 Å². The summed E-state index contributed by atoms with van der Waals surface area (Å²) in [6, 6.07) is 8.78. The summed E-state index contributed by atoms with van der Waals surface area (Å²) in [5.41, 5.74) is 2.51. The van der Waals surface area contributed by atoms with Gasteiger partial charge in [0.15, 0.2) is 0 Å². The number of hydrogen-bond donors (Lipinski definition) is 1. The van der Waals surface area contributed by atoms with Crippen LogP contribution in [0.1, 0.15) is 36.9 Å². The van der Waals surface area contributed by atoms with Crippen LogP contribution in [0, 0.1) is 6.92 Å². The van der Waals surface area contributed by atoms with Crippen LogP contribution in [0.25, 0.3) is 0 Å². The quantitative estimate of drug-likeness (QED) is 0.835. The van der Waals surface area contributed by atoms with Crippen LogP contribution >= 0.6 is 0 Å². The molecule has 0 radical (unpaired) electrons. The smallest absolute Gasteiger partial charge is 0.317 e. The van der Waals surface area contributed by atoms with Gasteiger partial charge in [-0.25, -0.2) is 4.79 Å². The molecule has 17 heavy (non-hydrogen) atoms. The van der Waals surface area contributed by atoms with Gasteiger partial charge in [-0.05, 0) is 32.3 Å². The zero-order valence-corrected chi connectivity index (χ0v) is 10.6. The maximum atomic E-state index is 11.9. The first-order valence-corrected chi connectivity index (χ1v) is 6.33. The molecule has 1 N–H and O–H groups in total. The van der Waals surface area contributed by atoms with Crippen molar-refractivity contribution in [2.24, 2.45) is 0 Å². The lowest BCUT2D eigenvalue weighted by atomic mass is 10.0. The molecule has 3 heteroatoms. The largest absolute Gasteiger partial charge is 0.338 e. The molecule has 0 bridgehead atoms. The predicted octanol–water partition coefficient (Wildman–Crippen LogP) is 2.86. The Kier molecular flexibility index (Phi) is 3.67. The Bertz CT molecular complexity index is 403. The molecule has 1 atom stereocenters. The number of carbonyl (C=O) groups excluding carboxylic acids is 1. The van der Waals surface area contributed by atoms with E-state index in [-0.39, 0.29) is 12.1 Å². The third-order valence-electron chi connectivity index (χ3n) is 3.27. The number of nitrogens with one attached hydrogen (secondary N) is 1. The Morgan fingerprint density at radius 1 is 1.53 bits per heavy atom. The van der Waals surface area contributed by atoms with Crippen molar-refractivity contribution in [3.63, 3.8) is 0 Å². The Morgan fingerprint density at radius 2 is 2.35 bits per heavy atom. The molecule has 1 saturated heterocycles. The van der Waals surface area contributed by atoms with Crippen molar-refractivity contribution in [1.29, 1.82) is 0 Å². The number of hydrogen-bond acceptors (Lipinski definition) is 1. The third-order valence-corrected chi connectivity index (χ3v) is 3.27. The highest BCUT2D eigenvalue weighted by Gasteiger charge is 2.29. The number of benzene rings is 1. The van der Waals surface area contributed by atoms with E-state index < -0.39 is 0 Å². The second-order valence-electron chi connectivity index (χ2n) is 4.60. The molecule has 1 aromatic carbocycles. The van der Waals surface area contributed by atoms with Gasteiger partial charge in [-0.2, -0.15) is 0 Å². The van der Waals surface area contributed by atoms with Gasteiger partial charge < -0.3 is 10.2 Å². The van der Waals surface area contributed by atoms with Crippen LogP contribution < -0.4 is 5.32 Å². The molecule has 92 valence electrons. The first-order valence-electron chi connectivity index (χ1n) is 6.33. The van der Waals surface area contributed by atoms with Crippen molar-refractivity contribution >= 4 is 6.03 Å². The van der Waals surface area contributed by atoms with E-state index in [9.17, 15) is 4.79 Å². The summed E-state index contributed by atoms with van der Waals surface area (Å²) < 4.78 is 0. The topological polar surface area (TPSA) is 32.3 Å². The van der Waals surface area contributed by atoms with E-state index in [0.717, 1.165) is 19.4 Å². The molecule has 1 heterocycles. The molecule has 0 saturated carbocycles. The van der Waals surface area contributed by atoms with Crippen molar-refractivity contribution in [3.05, 3.63) is 35.4 Å². The third kappa shape index (κ3) is 2.60. The van der Waals surface area contributed by atoms with E-state index >= 15 is 0 Å². The lowest BCUT2D eigenvalue weighted by Gasteiger charge is -2.25. The lowest BCUT2D eigenvalue weighted by Crippen LogP contribution is -2.39. The van der Waals surface area contributed by atoms with Crippen LogP contribution in [0.4, 0.5) is 4.79 Å². The van der Waals surface area contributed by atoms with Crippen molar-refractivity contribution in [2.45, 2.75) is 32.7 Å². The second kappa shape index (κ2) is 5.21. The van der Waals surface area contributed by atoms with Crippen molar-refractivity contribution in [2.75, 3.05) is 13.1 Å². The highest BCUT2D eigenvalue weighted by molar-refractivity contribution is 5.75. The lowest BCUT2D eigenvalue weighted by molar-refractivity contribution is 0.193. The summed E-state index contributed by atoms with van der Waals surface area (Å²) in [5.74, 6) is 0. The first-order chi connectivity index (χ1) is 8.22. The molecule has 0 unspecified atom stereocenters. The summed E-state index contributed by atoms with van der Waals surface area (Å²) in [5, 5.41) is 2.89. The molecule has 1 aliphatic heterocycles. The molecule has 2 amide bonds. The van der Waals surface area contributed by atoms with E-state index in [1.165, 1.54) is 11.1 Å². The van der Waals surface area contributed by atoms with E-state index in [0.29, 0.717) is 6.54 Å². The fraction of sp³-hybridized carbons (Fsp3) is 0.500. The fourth-order valence-corrected chi connectivity index (χ4v) is 2.49. The number of rotatable bonds is 2. The molecule has 2 rings (SSSR count). The standard InChI is InChI=1S/C14H20N2O/c1-3-15-14(17)16-9-5-8-13(16)12-7-4-6-11(2)10-12/h4,6-7,10,13H,3,5,8-9H2,1-2H3,(H,15,17)/t13-/m1/s1. The number of urea groups is 1. The van der Waals surface area contributed by atoms with E-state index in [1.54, 1.807) is 0 Å². The second-order valence-corrected chi connectivity index (χ2v) is 4.60. The van der Waals surface area contributed by atoms with Gasteiger partial charge in [-0.15, -0.1) is 0 Å². The summed E-state index contributed by atoms with van der Waals surface area (Å²) in [4.78, 5) is 13.9. The van der Waals surface area contributed by atoms with Crippen LogP contribution in [-0.2, 0) is 0 Å². The van der Waals surface area contributed by atoms with Gasteiger partial charge in [-0.3, -0.25) is 0 Å². The maximum Gasteiger partial charge on any atom is 0.317 e. The summed E-state index contributed by atoms with van der Waals surface area (Å²) >= 11 is 0. The number of amides is 2. The Balaban J connectivity index is 2.17. The molecule has 0 spiro atoms. The monoisotopic (exact) mass is 232 g/mol. The van der Waals surface area contributed by atoms with E-state index in [2.05, 4.69) is 36.5 Å². The summed E-state index contributed by atoms with van der Waals surface area (Å²) in [7, 11) is 0. The normalized spacial score (nSPS) is 19.4. The van der Waals surface area contributed by atoms with Crippen LogP contribution in [-0.4, -0.2) is 24.0 Å². The Labute approximate surface area is 103 Å². The number of aryl methyl sites for hydroxylation is 1. The average Bonchev–Trinajstić information content (AvgIpc) is 2.78. The Hall–Kier alpha value is -1.51. The molecule has 3 nitrogen and oxygen atoms in total. The Morgan fingerprint density at radius 3 is 3.06 bits per heavy atom. The zero-order valence-electron chi connectivity index (χ0n) is 10.6. The molecule has 1 aromatic rings. The molecule has 1 aliphatic rings. The maximum absolute atomic E-state index is 11.9. The number of carbonyl (C=O) groups is 1. The van der Waals surface area contributed by atoms with Crippen molar-refractivity contribution in [1.82, 2.24) is 10.2 Å².